The number of benzene rings is 1. The largest absolute Gasteiger partial charge is 0.324 e. The van der Waals surface area contributed by atoms with Gasteiger partial charge in [0, 0.05) is 31.1 Å². The number of anilines is 1. The van der Waals surface area contributed by atoms with Gasteiger partial charge >= 0.3 is 0 Å². The number of sulfonamides is 1. The number of amides is 1. The van der Waals surface area contributed by atoms with E-state index in [1.165, 1.54) is 28.2 Å². The fraction of sp³-hybridized carbons (Fsp3) is 0.368. The molecule has 0 spiro atoms. The predicted molar refractivity (Wildman–Crippen MR) is 114 cm³/mol. The van der Waals surface area contributed by atoms with E-state index in [1.807, 2.05) is 12.3 Å². The first-order chi connectivity index (χ1) is 14.2. The number of aromatic nitrogens is 1. The molecule has 0 unspecified atom stereocenters. The van der Waals surface area contributed by atoms with Gasteiger partial charge < -0.3 is 5.32 Å². The second-order valence-electron chi connectivity index (χ2n) is 6.96. The molecule has 1 fully saturated rings. The van der Waals surface area contributed by atoms with Gasteiger partial charge in [0.25, 0.3) is 5.69 Å². The number of aryl methyl sites for hydroxylation is 1. The number of nitro benzene ring substituents is 1. The van der Waals surface area contributed by atoms with E-state index in [0.29, 0.717) is 24.1 Å². The molecule has 9 nitrogen and oxygen atoms in total. The van der Waals surface area contributed by atoms with Crippen molar-refractivity contribution in [1.82, 2.24) is 9.29 Å². The van der Waals surface area contributed by atoms with Crippen molar-refractivity contribution in [1.29, 1.82) is 0 Å². The van der Waals surface area contributed by atoms with Gasteiger partial charge in [0.05, 0.1) is 26.7 Å². The molecule has 2 heterocycles. The first-order valence-electron chi connectivity index (χ1n) is 9.28. The van der Waals surface area contributed by atoms with Crippen LogP contribution in [0.2, 0.25) is 0 Å². The van der Waals surface area contributed by atoms with Gasteiger partial charge in [0.15, 0.2) is 0 Å². The minimum absolute atomic E-state index is 0.0699. The van der Waals surface area contributed by atoms with Gasteiger partial charge in [0.2, 0.25) is 15.9 Å². The molecule has 1 amide bonds. The Bertz CT molecular complexity index is 1050. The third-order valence-electron chi connectivity index (χ3n) is 5.04. The number of thioether (sulfide) groups is 1. The molecule has 0 bridgehead atoms. The Morgan fingerprint density at radius 3 is 2.53 bits per heavy atom. The number of hydrogen-bond acceptors (Lipinski definition) is 7. The number of pyridine rings is 1. The van der Waals surface area contributed by atoms with Gasteiger partial charge in [-0.3, -0.25) is 14.9 Å². The first kappa shape index (κ1) is 22.2. The third kappa shape index (κ3) is 4.79. The van der Waals surface area contributed by atoms with Crippen molar-refractivity contribution in [3.63, 3.8) is 0 Å². The minimum Gasteiger partial charge on any atom is -0.324 e. The Balaban J connectivity index is 1.66. The molecular formula is C19H22N4O5S2. The molecule has 30 heavy (non-hydrogen) atoms. The maximum absolute atomic E-state index is 13.0. The number of carbonyl (C=O) groups is 1. The number of non-ortho nitro benzene ring substituents is 1. The van der Waals surface area contributed by atoms with Crippen LogP contribution in [0, 0.1) is 23.0 Å². The SMILES string of the molecule is CSc1ccc(NC(=O)C2CCN(S(=O)(=O)c3cc([N+](=O)[O-])ccc3C)CC2)cn1. The number of piperidine rings is 1. The molecular weight excluding hydrogens is 428 g/mol. The van der Waals surface area contributed by atoms with Crippen LogP contribution in [0.4, 0.5) is 11.4 Å². The molecule has 0 aliphatic carbocycles. The van der Waals surface area contributed by atoms with Crippen LogP contribution < -0.4 is 5.32 Å². The first-order valence-corrected chi connectivity index (χ1v) is 11.9. The van der Waals surface area contributed by atoms with Crippen molar-refractivity contribution < 1.29 is 18.1 Å². The summed E-state index contributed by atoms with van der Waals surface area (Å²) >= 11 is 1.50. The average molecular weight is 451 g/mol. The normalized spacial score (nSPS) is 15.7. The molecule has 0 atom stereocenters. The lowest BCUT2D eigenvalue weighted by Gasteiger charge is -2.30. The summed E-state index contributed by atoms with van der Waals surface area (Å²) in [6.07, 6.45) is 4.25. The van der Waals surface area contributed by atoms with Crippen LogP contribution in [-0.4, -0.2) is 47.9 Å². The number of nitrogens with one attached hydrogen (secondary N) is 1. The summed E-state index contributed by atoms with van der Waals surface area (Å²) in [7, 11) is -3.88. The number of hydrogen-bond donors (Lipinski definition) is 1. The molecule has 0 saturated carbocycles. The van der Waals surface area contributed by atoms with Crippen LogP contribution in [0.25, 0.3) is 0 Å². The zero-order chi connectivity index (χ0) is 21.9. The quantitative estimate of drug-likeness (QED) is 0.408. The van der Waals surface area contributed by atoms with E-state index in [-0.39, 0.29) is 35.5 Å². The third-order valence-corrected chi connectivity index (χ3v) is 7.74. The van der Waals surface area contributed by atoms with Crippen LogP contribution in [0.15, 0.2) is 46.5 Å². The van der Waals surface area contributed by atoms with Crippen LogP contribution in [-0.2, 0) is 14.8 Å². The molecule has 1 aromatic carbocycles. The summed E-state index contributed by atoms with van der Waals surface area (Å²) in [6, 6.07) is 7.40. The van der Waals surface area contributed by atoms with Crippen molar-refractivity contribution in [2.24, 2.45) is 5.92 Å². The van der Waals surface area contributed by atoms with E-state index in [4.69, 9.17) is 0 Å². The Morgan fingerprint density at radius 1 is 1.27 bits per heavy atom. The maximum atomic E-state index is 13.0. The maximum Gasteiger partial charge on any atom is 0.270 e. The lowest BCUT2D eigenvalue weighted by atomic mass is 9.97. The fourth-order valence-electron chi connectivity index (χ4n) is 3.30. The monoisotopic (exact) mass is 450 g/mol. The van der Waals surface area contributed by atoms with Gasteiger partial charge in [0.1, 0.15) is 0 Å². The number of nitro groups is 1. The Labute approximate surface area is 179 Å². The molecule has 160 valence electrons. The molecule has 1 aliphatic heterocycles. The van der Waals surface area contributed by atoms with Crippen LogP contribution >= 0.6 is 11.8 Å². The van der Waals surface area contributed by atoms with Gasteiger partial charge in [-0.1, -0.05) is 6.07 Å². The Morgan fingerprint density at radius 2 is 1.97 bits per heavy atom. The van der Waals surface area contributed by atoms with E-state index < -0.39 is 14.9 Å². The van der Waals surface area contributed by atoms with Crippen LogP contribution in [0.1, 0.15) is 18.4 Å². The molecule has 0 radical (unpaired) electrons. The molecule has 11 heteroatoms. The van der Waals surface area contributed by atoms with Crippen molar-refractivity contribution in [3.8, 4) is 0 Å². The van der Waals surface area contributed by atoms with Gasteiger partial charge in [-0.2, -0.15) is 4.31 Å². The van der Waals surface area contributed by atoms with E-state index in [2.05, 4.69) is 10.3 Å². The lowest BCUT2D eigenvalue weighted by molar-refractivity contribution is -0.385. The van der Waals surface area contributed by atoms with Crippen molar-refractivity contribution in [3.05, 3.63) is 52.2 Å². The van der Waals surface area contributed by atoms with Gasteiger partial charge in [-0.25, -0.2) is 13.4 Å². The van der Waals surface area contributed by atoms with E-state index in [0.717, 1.165) is 11.1 Å². The minimum atomic E-state index is -3.88. The van der Waals surface area contributed by atoms with E-state index >= 15 is 0 Å². The van der Waals surface area contributed by atoms with Crippen molar-refractivity contribution in [2.45, 2.75) is 29.7 Å². The summed E-state index contributed by atoms with van der Waals surface area (Å²) in [5.41, 5.74) is 0.774. The van der Waals surface area contributed by atoms with E-state index in [1.54, 1.807) is 19.2 Å². The average Bonchev–Trinajstić information content (AvgIpc) is 2.74. The highest BCUT2D eigenvalue weighted by Gasteiger charge is 2.33. The fourth-order valence-corrected chi connectivity index (χ4v) is 5.37. The number of nitrogens with zero attached hydrogens (tertiary/aromatic N) is 3. The highest BCUT2D eigenvalue weighted by Crippen LogP contribution is 2.28. The molecule has 1 aliphatic rings. The second kappa shape index (κ2) is 9.11. The number of carbonyl (C=O) groups excluding carboxylic acids is 1. The standard InChI is InChI=1S/C19H22N4O5S2/c1-13-3-5-16(23(25)26)11-17(13)30(27,28)22-9-7-14(8-10-22)19(24)21-15-4-6-18(29-2)20-12-15/h3-6,11-12,14H,7-10H2,1-2H3,(H,21,24). The highest BCUT2D eigenvalue weighted by atomic mass is 32.2. The summed E-state index contributed by atoms with van der Waals surface area (Å²) in [6.45, 7) is 1.95. The van der Waals surface area contributed by atoms with Crippen molar-refractivity contribution >= 4 is 39.1 Å². The summed E-state index contributed by atoms with van der Waals surface area (Å²) < 4.78 is 27.3. The molecule has 1 saturated heterocycles. The Kier molecular flexibility index (Phi) is 6.74. The molecule has 1 N–H and O–H groups in total. The highest BCUT2D eigenvalue weighted by molar-refractivity contribution is 7.98. The zero-order valence-electron chi connectivity index (χ0n) is 16.6. The predicted octanol–water partition coefficient (Wildman–Crippen LogP) is 3.06. The molecule has 2 aromatic rings. The lowest BCUT2D eigenvalue weighted by Crippen LogP contribution is -2.41. The Hall–Kier alpha value is -2.50. The van der Waals surface area contributed by atoms with Crippen molar-refractivity contribution in [2.75, 3.05) is 24.7 Å². The summed E-state index contributed by atoms with van der Waals surface area (Å²) in [5.74, 6) is -0.486. The smallest absolute Gasteiger partial charge is 0.270 e. The summed E-state index contributed by atoms with van der Waals surface area (Å²) in [5, 5.41) is 14.7. The zero-order valence-corrected chi connectivity index (χ0v) is 18.2. The van der Waals surface area contributed by atoms with Crippen LogP contribution in [0.3, 0.4) is 0 Å². The molecule has 1 aromatic heterocycles. The van der Waals surface area contributed by atoms with E-state index in [9.17, 15) is 23.3 Å². The summed E-state index contributed by atoms with van der Waals surface area (Å²) in [4.78, 5) is 27.1. The molecule has 3 rings (SSSR count). The van der Waals surface area contributed by atoms with Gasteiger partial charge in [-0.05, 0) is 43.7 Å². The second-order valence-corrected chi connectivity index (χ2v) is 9.70. The number of rotatable bonds is 6. The van der Waals surface area contributed by atoms with Crippen LogP contribution in [0.5, 0.6) is 0 Å². The van der Waals surface area contributed by atoms with Gasteiger partial charge in [-0.15, -0.1) is 11.8 Å². The topological polar surface area (TPSA) is 123 Å².